The standard InChI is InChI=1S/C11H22ClNO2/c1-5-11(2,3)10(14)13-7-6-9(12)8-15-4/h9H,5-8H2,1-4H3,(H,13,14). The van der Waals surface area contributed by atoms with Crippen LogP contribution in [0, 0.1) is 5.41 Å². The fourth-order valence-electron chi connectivity index (χ4n) is 1.01. The lowest BCUT2D eigenvalue weighted by atomic mass is 9.89. The van der Waals surface area contributed by atoms with Gasteiger partial charge in [0, 0.05) is 19.1 Å². The molecule has 15 heavy (non-hydrogen) atoms. The van der Waals surface area contributed by atoms with E-state index in [0.29, 0.717) is 13.2 Å². The van der Waals surface area contributed by atoms with E-state index in [4.69, 9.17) is 16.3 Å². The maximum absolute atomic E-state index is 11.6. The molecule has 0 heterocycles. The summed E-state index contributed by atoms with van der Waals surface area (Å²) in [5, 5.41) is 2.86. The molecule has 0 bridgehead atoms. The normalized spacial score (nSPS) is 13.7. The lowest BCUT2D eigenvalue weighted by molar-refractivity contribution is -0.129. The van der Waals surface area contributed by atoms with Crippen LogP contribution in [0.2, 0.25) is 0 Å². The quantitative estimate of drug-likeness (QED) is 0.687. The Bertz CT molecular complexity index is 195. The number of hydrogen-bond donors (Lipinski definition) is 1. The maximum atomic E-state index is 11.6. The third-order valence-electron chi connectivity index (χ3n) is 2.59. The SMILES string of the molecule is CCC(C)(C)C(=O)NCCC(Cl)COC. The number of carbonyl (C=O) groups excluding carboxylic acids is 1. The third kappa shape index (κ3) is 6.00. The van der Waals surface area contributed by atoms with Gasteiger partial charge in [0.15, 0.2) is 0 Å². The molecule has 1 unspecified atom stereocenters. The van der Waals surface area contributed by atoms with Gasteiger partial charge in [0.25, 0.3) is 0 Å². The average Bonchev–Trinajstić information content (AvgIpc) is 2.18. The fraction of sp³-hybridized carbons (Fsp3) is 0.909. The van der Waals surface area contributed by atoms with E-state index >= 15 is 0 Å². The molecule has 1 N–H and O–H groups in total. The first-order chi connectivity index (χ1) is 6.94. The monoisotopic (exact) mass is 235 g/mol. The van der Waals surface area contributed by atoms with E-state index < -0.39 is 0 Å². The van der Waals surface area contributed by atoms with Crippen molar-refractivity contribution in [2.24, 2.45) is 5.41 Å². The number of rotatable bonds is 7. The van der Waals surface area contributed by atoms with Gasteiger partial charge in [-0.1, -0.05) is 20.8 Å². The number of alkyl halides is 1. The first-order valence-corrected chi connectivity index (χ1v) is 5.79. The molecule has 0 saturated carbocycles. The Balaban J connectivity index is 3.73. The van der Waals surface area contributed by atoms with Gasteiger partial charge in [0.05, 0.1) is 12.0 Å². The highest BCUT2D eigenvalue weighted by molar-refractivity contribution is 6.20. The molecular formula is C11H22ClNO2. The van der Waals surface area contributed by atoms with Crippen molar-refractivity contribution in [1.29, 1.82) is 0 Å². The summed E-state index contributed by atoms with van der Waals surface area (Å²) in [6.45, 7) is 7.02. The molecule has 0 rings (SSSR count). The lowest BCUT2D eigenvalue weighted by Crippen LogP contribution is -2.37. The van der Waals surface area contributed by atoms with Crippen LogP contribution in [0.5, 0.6) is 0 Å². The molecule has 0 aromatic heterocycles. The van der Waals surface area contributed by atoms with Crippen molar-refractivity contribution < 1.29 is 9.53 Å². The van der Waals surface area contributed by atoms with Crippen LogP contribution in [0.25, 0.3) is 0 Å². The first-order valence-electron chi connectivity index (χ1n) is 5.35. The summed E-state index contributed by atoms with van der Waals surface area (Å²) >= 11 is 5.94. The van der Waals surface area contributed by atoms with Gasteiger partial charge in [-0.05, 0) is 12.8 Å². The molecule has 1 amide bonds. The molecule has 3 nitrogen and oxygen atoms in total. The van der Waals surface area contributed by atoms with Gasteiger partial charge in [-0.3, -0.25) is 4.79 Å². The van der Waals surface area contributed by atoms with Crippen molar-refractivity contribution in [1.82, 2.24) is 5.32 Å². The summed E-state index contributed by atoms with van der Waals surface area (Å²) < 4.78 is 4.90. The molecule has 0 aromatic rings. The molecular weight excluding hydrogens is 214 g/mol. The molecule has 0 aromatic carbocycles. The molecule has 0 fully saturated rings. The van der Waals surface area contributed by atoms with E-state index in [9.17, 15) is 4.79 Å². The van der Waals surface area contributed by atoms with Crippen LogP contribution >= 0.6 is 11.6 Å². The zero-order valence-electron chi connectivity index (χ0n) is 10.1. The van der Waals surface area contributed by atoms with Gasteiger partial charge in [-0.15, -0.1) is 11.6 Å². The van der Waals surface area contributed by atoms with Gasteiger partial charge in [-0.2, -0.15) is 0 Å². The van der Waals surface area contributed by atoms with Crippen molar-refractivity contribution >= 4 is 17.5 Å². The first kappa shape index (κ1) is 14.7. The molecule has 90 valence electrons. The summed E-state index contributed by atoms with van der Waals surface area (Å²) in [6, 6.07) is 0. The third-order valence-corrected chi connectivity index (χ3v) is 2.93. The van der Waals surface area contributed by atoms with E-state index in [2.05, 4.69) is 5.32 Å². The Morgan fingerprint density at radius 2 is 2.13 bits per heavy atom. The zero-order valence-corrected chi connectivity index (χ0v) is 10.9. The molecule has 0 saturated heterocycles. The fourth-order valence-corrected chi connectivity index (χ4v) is 1.24. The number of amides is 1. The van der Waals surface area contributed by atoms with Gasteiger partial charge < -0.3 is 10.1 Å². The minimum atomic E-state index is -0.289. The number of halogens is 1. The lowest BCUT2D eigenvalue weighted by Gasteiger charge is -2.21. The second-order valence-electron chi connectivity index (χ2n) is 4.33. The maximum Gasteiger partial charge on any atom is 0.225 e. The molecule has 4 heteroatoms. The molecule has 1 atom stereocenters. The minimum absolute atomic E-state index is 0.0277. The Kier molecular flexibility index (Phi) is 6.94. The van der Waals surface area contributed by atoms with Gasteiger partial charge >= 0.3 is 0 Å². The highest BCUT2D eigenvalue weighted by Gasteiger charge is 2.24. The predicted molar refractivity (Wildman–Crippen MR) is 63.2 cm³/mol. The van der Waals surface area contributed by atoms with E-state index in [1.54, 1.807) is 7.11 Å². The number of hydrogen-bond acceptors (Lipinski definition) is 2. The number of methoxy groups -OCH3 is 1. The summed E-state index contributed by atoms with van der Waals surface area (Å²) in [5.41, 5.74) is -0.289. The Morgan fingerprint density at radius 3 is 2.60 bits per heavy atom. The number of carbonyl (C=O) groups is 1. The second kappa shape index (κ2) is 7.07. The summed E-state index contributed by atoms with van der Waals surface area (Å²) in [4.78, 5) is 11.6. The van der Waals surface area contributed by atoms with Crippen molar-refractivity contribution in [2.45, 2.75) is 39.0 Å². The Hall–Kier alpha value is -0.280. The van der Waals surface area contributed by atoms with E-state index in [1.165, 1.54) is 0 Å². The molecule has 0 aliphatic carbocycles. The topological polar surface area (TPSA) is 38.3 Å². The van der Waals surface area contributed by atoms with Crippen molar-refractivity contribution in [3.05, 3.63) is 0 Å². The Labute approximate surface area is 97.5 Å². The van der Waals surface area contributed by atoms with Crippen molar-refractivity contribution in [2.75, 3.05) is 20.3 Å². The highest BCUT2D eigenvalue weighted by Crippen LogP contribution is 2.19. The predicted octanol–water partition coefficient (Wildman–Crippen LogP) is 2.18. The smallest absolute Gasteiger partial charge is 0.225 e. The van der Waals surface area contributed by atoms with Gasteiger partial charge in [-0.25, -0.2) is 0 Å². The van der Waals surface area contributed by atoms with Crippen LogP contribution in [0.4, 0.5) is 0 Å². The summed E-state index contributed by atoms with van der Waals surface area (Å²) in [5.74, 6) is 0.0892. The van der Waals surface area contributed by atoms with Crippen LogP contribution in [0.3, 0.4) is 0 Å². The van der Waals surface area contributed by atoms with Crippen LogP contribution < -0.4 is 5.32 Å². The van der Waals surface area contributed by atoms with E-state index in [1.807, 2.05) is 20.8 Å². The van der Waals surface area contributed by atoms with Gasteiger partial charge in [0.1, 0.15) is 0 Å². The summed E-state index contributed by atoms with van der Waals surface area (Å²) in [6.07, 6.45) is 1.57. The molecule has 0 aliphatic rings. The molecule has 0 spiro atoms. The van der Waals surface area contributed by atoms with Gasteiger partial charge in [0.2, 0.25) is 5.91 Å². The number of ether oxygens (including phenoxy) is 1. The van der Waals surface area contributed by atoms with Crippen LogP contribution in [-0.2, 0) is 9.53 Å². The summed E-state index contributed by atoms with van der Waals surface area (Å²) in [7, 11) is 1.62. The second-order valence-corrected chi connectivity index (χ2v) is 4.95. The van der Waals surface area contributed by atoms with Crippen LogP contribution in [0.15, 0.2) is 0 Å². The number of nitrogens with one attached hydrogen (secondary N) is 1. The largest absolute Gasteiger partial charge is 0.383 e. The van der Waals surface area contributed by atoms with Crippen molar-refractivity contribution in [3.8, 4) is 0 Å². The average molecular weight is 236 g/mol. The van der Waals surface area contributed by atoms with E-state index in [-0.39, 0.29) is 16.7 Å². The van der Waals surface area contributed by atoms with Crippen LogP contribution in [0.1, 0.15) is 33.6 Å². The molecule has 0 radical (unpaired) electrons. The Morgan fingerprint density at radius 1 is 1.53 bits per heavy atom. The molecule has 0 aliphatic heterocycles. The van der Waals surface area contributed by atoms with E-state index in [0.717, 1.165) is 12.8 Å². The zero-order chi connectivity index (χ0) is 11.9. The van der Waals surface area contributed by atoms with Crippen LogP contribution in [-0.4, -0.2) is 31.5 Å². The highest BCUT2D eigenvalue weighted by atomic mass is 35.5. The minimum Gasteiger partial charge on any atom is -0.383 e. The van der Waals surface area contributed by atoms with Crippen molar-refractivity contribution in [3.63, 3.8) is 0 Å².